The van der Waals surface area contributed by atoms with Crippen LogP contribution in [-0.4, -0.2) is 6.10 Å². The summed E-state index contributed by atoms with van der Waals surface area (Å²) in [6.07, 6.45) is 2.24. The van der Waals surface area contributed by atoms with Gasteiger partial charge in [-0.2, -0.15) is 0 Å². The van der Waals surface area contributed by atoms with Crippen LogP contribution in [0.3, 0.4) is 0 Å². The fraction of sp³-hybridized carbons (Fsp3) is 0.200. The highest BCUT2D eigenvalue weighted by Gasteiger charge is 2.15. The van der Waals surface area contributed by atoms with E-state index in [2.05, 4.69) is 28.7 Å². The second kappa shape index (κ2) is 3.50. The lowest BCUT2D eigenvalue weighted by Crippen LogP contribution is -2.13. The Hall–Kier alpha value is -0.220. The second-order valence-corrected chi connectivity index (χ2v) is 4.58. The molecule has 1 aliphatic rings. The van der Waals surface area contributed by atoms with E-state index in [1.165, 1.54) is 3.58 Å². The predicted molar refractivity (Wildman–Crippen MR) is 63.5 cm³/mol. The van der Waals surface area contributed by atoms with Crippen molar-refractivity contribution in [2.45, 2.75) is 13.0 Å². The lowest BCUT2D eigenvalue weighted by molar-refractivity contribution is 0.266. The maximum atomic E-state index is 5.89. The molecule has 0 aliphatic carbocycles. The minimum absolute atomic E-state index is 0.153. The summed E-state index contributed by atoms with van der Waals surface area (Å²) < 4.78 is 6.82. The zero-order valence-corrected chi connectivity index (χ0v) is 9.96. The van der Waals surface area contributed by atoms with Crippen molar-refractivity contribution in [3.05, 3.63) is 34.9 Å². The number of rotatable bonds is 0. The molecule has 1 aliphatic heterocycles. The molecule has 2 rings (SSSR count). The van der Waals surface area contributed by atoms with Crippen LogP contribution in [0.25, 0.3) is 3.58 Å². The standard InChI is InChI=1S/C10H8ClIO/c1-6-4-9(12)8-5-7(11)2-3-10(8)13-6/h2-6H,1H3/t6-/m1/s1. The molecule has 0 saturated carbocycles. The number of hydrogen-bond acceptors (Lipinski definition) is 1. The first-order valence-electron chi connectivity index (χ1n) is 4.01. The van der Waals surface area contributed by atoms with Crippen molar-refractivity contribution in [3.8, 4) is 5.75 Å². The van der Waals surface area contributed by atoms with Crippen LogP contribution in [0.15, 0.2) is 24.3 Å². The molecule has 1 aromatic rings. The van der Waals surface area contributed by atoms with Crippen molar-refractivity contribution in [1.82, 2.24) is 0 Å². The van der Waals surface area contributed by atoms with Gasteiger partial charge in [-0.05, 0) is 53.8 Å². The molecule has 1 aromatic carbocycles. The summed E-state index contributed by atoms with van der Waals surface area (Å²) in [5.41, 5.74) is 1.09. The Balaban J connectivity index is 2.54. The first-order chi connectivity index (χ1) is 6.16. The summed E-state index contributed by atoms with van der Waals surface area (Å²) in [6, 6.07) is 5.70. The van der Waals surface area contributed by atoms with Gasteiger partial charge >= 0.3 is 0 Å². The third-order valence-corrected chi connectivity index (χ3v) is 3.07. The van der Waals surface area contributed by atoms with E-state index in [-0.39, 0.29) is 6.10 Å². The molecule has 3 heteroatoms. The number of fused-ring (bicyclic) bond motifs is 1. The topological polar surface area (TPSA) is 9.23 Å². The Kier molecular flexibility index (Phi) is 2.51. The molecular weight excluding hydrogens is 298 g/mol. The average molecular weight is 307 g/mol. The molecule has 0 saturated heterocycles. The van der Waals surface area contributed by atoms with Crippen LogP contribution in [-0.2, 0) is 0 Å². The van der Waals surface area contributed by atoms with Crippen LogP contribution in [0.4, 0.5) is 0 Å². The van der Waals surface area contributed by atoms with Gasteiger partial charge in [0.25, 0.3) is 0 Å². The molecule has 0 N–H and O–H groups in total. The van der Waals surface area contributed by atoms with Gasteiger partial charge in [0.1, 0.15) is 11.9 Å². The van der Waals surface area contributed by atoms with E-state index in [4.69, 9.17) is 16.3 Å². The molecule has 0 fully saturated rings. The third-order valence-electron chi connectivity index (χ3n) is 1.89. The number of halogens is 2. The Bertz CT molecular complexity index is 373. The summed E-state index contributed by atoms with van der Waals surface area (Å²) in [5, 5.41) is 0.750. The van der Waals surface area contributed by atoms with E-state index in [0.29, 0.717) is 0 Å². The molecule has 68 valence electrons. The van der Waals surface area contributed by atoms with Gasteiger partial charge in [-0.1, -0.05) is 11.6 Å². The normalized spacial score (nSPS) is 20.2. The van der Waals surface area contributed by atoms with Gasteiger partial charge in [-0.25, -0.2) is 0 Å². The van der Waals surface area contributed by atoms with Crippen molar-refractivity contribution in [2.24, 2.45) is 0 Å². The molecule has 0 aromatic heterocycles. The number of benzene rings is 1. The number of ether oxygens (including phenoxy) is 1. The summed E-state index contributed by atoms with van der Waals surface area (Å²) >= 11 is 8.19. The quantitative estimate of drug-likeness (QED) is 0.661. The van der Waals surface area contributed by atoms with Gasteiger partial charge in [0.15, 0.2) is 0 Å². The van der Waals surface area contributed by atoms with Crippen molar-refractivity contribution in [1.29, 1.82) is 0 Å². The molecule has 0 bridgehead atoms. The fourth-order valence-electron chi connectivity index (χ4n) is 1.32. The van der Waals surface area contributed by atoms with E-state index in [9.17, 15) is 0 Å². The molecule has 1 nitrogen and oxygen atoms in total. The second-order valence-electron chi connectivity index (χ2n) is 2.98. The van der Waals surface area contributed by atoms with Crippen LogP contribution < -0.4 is 4.74 Å². The first-order valence-corrected chi connectivity index (χ1v) is 5.46. The Morgan fingerprint density at radius 3 is 3.00 bits per heavy atom. The predicted octanol–water partition coefficient (Wildman–Crippen LogP) is 3.90. The molecular formula is C10H8ClIO. The summed E-state index contributed by atoms with van der Waals surface area (Å²) in [7, 11) is 0. The highest BCUT2D eigenvalue weighted by molar-refractivity contribution is 14.1. The van der Waals surface area contributed by atoms with Crippen LogP contribution in [0, 0.1) is 0 Å². The Morgan fingerprint density at radius 1 is 1.46 bits per heavy atom. The zero-order valence-electron chi connectivity index (χ0n) is 7.05. The summed E-state index contributed by atoms with van der Waals surface area (Å²) in [4.78, 5) is 0. The van der Waals surface area contributed by atoms with Gasteiger partial charge in [0, 0.05) is 14.2 Å². The largest absolute Gasteiger partial charge is 0.486 e. The highest BCUT2D eigenvalue weighted by Crippen LogP contribution is 2.37. The van der Waals surface area contributed by atoms with E-state index < -0.39 is 0 Å². The molecule has 0 unspecified atom stereocenters. The average Bonchev–Trinajstić information content (AvgIpc) is 2.06. The summed E-state index contributed by atoms with van der Waals surface area (Å²) in [6.45, 7) is 2.02. The molecule has 1 atom stereocenters. The smallest absolute Gasteiger partial charge is 0.128 e. The highest BCUT2D eigenvalue weighted by atomic mass is 127. The van der Waals surface area contributed by atoms with Crippen LogP contribution in [0.5, 0.6) is 5.75 Å². The van der Waals surface area contributed by atoms with Gasteiger partial charge in [-0.3, -0.25) is 0 Å². The van der Waals surface area contributed by atoms with Crippen molar-refractivity contribution in [2.75, 3.05) is 0 Å². The molecule has 13 heavy (non-hydrogen) atoms. The lowest BCUT2D eigenvalue weighted by atomic mass is 10.1. The van der Waals surface area contributed by atoms with Crippen molar-refractivity contribution in [3.63, 3.8) is 0 Å². The van der Waals surface area contributed by atoms with Gasteiger partial charge in [0.2, 0.25) is 0 Å². The third kappa shape index (κ3) is 1.83. The van der Waals surface area contributed by atoms with Crippen molar-refractivity contribution >= 4 is 37.8 Å². The van der Waals surface area contributed by atoms with E-state index in [0.717, 1.165) is 16.3 Å². The molecule has 0 spiro atoms. The van der Waals surface area contributed by atoms with E-state index in [1.54, 1.807) is 0 Å². The SMILES string of the molecule is C[C@@H]1C=C(I)c2cc(Cl)ccc2O1. The van der Waals surface area contributed by atoms with Crippen molar-refractivity contribution < 1.29 is 4.74 Å². The Morgan fingerprint density at radius 2 is 2.23 bits per heavy atom. The van der Waals surface area contributed by atoms with E-state index >= 15 is 0 Å². The van der Waals surface area contributed by atoms with Crippen LogP contribution >= 0.6 is 34.2 Å². The minimum atomic E-state index is 0.153. The molecule has 0 amide bonds. The lowest BCUT2D eigenvalue weighted by Gasteiger charge is -2.20. The minimum Gasteiger partial charge on any atom is -0.486 e. The monoisotopic (exact) mass is 306 g/mol. The maximum Gasteiger partial charge on any atom is 0.128 e. The van der Waals surface area contributed by atoms with E-state index in [1.807, 2.05) is 25.1 Å². The molecule has 0 radical (unpaired) electrons. The first kappa shape index (κ1) is 9.34. The van der Waals surface area contributed by atoms with Gasteiger partial charge in [-0.15, -0.1) is 0 Å². The number of hydrogen-bond donors (Lipinski definition) is 0. The van der Waals surface area contributed by atoms with Crippen LogP contribution in [0.1, 0.15) is 12.5 Å². The van der Waals surface area contributed by atoms with Crippen LogP contribution in [0.2, 0.25) is 5.02 Å². The fourth-order valence-corrected chi connectivity index (χ4v) is 2.42. The summed E-state index contributed by atoms with van der Waals surface area (Å²) in [5.74, 6) is 0.920. The Labute approximate surface area is 95.9 Å². The zero-order chi connectivity index (χ0) is 9.42. The van der Waals surface area contributed by atoms with Gasteiger partial charge < -0.3 is 4.74 Å². The molecule has 1 heterocycles. The van der Waals surface area contributed by atoms with Gasteiger partial charge in [0.05, 0.1) is 0 Å². The maximum absolute atomic E-state index is 5.89.